The third kappa shape index (κ3) is 3.50. The van der Waals surface area contributed by atoms with E-state index in [-0.39, 0.29) is 12.2 Å². The second kappa shape index (κ2) is 7.56. The molecular formula is C21H20BrNO3. The van der Waals surface area contributed by atoms with E-state index in [1.807, 2.05) is 43.3 Å². The van der Waals surface area contributed by atoms with Crippen LogP contribution in [-0.4, -0.2) is 23.3 Å². The van der Waals surface area contributed by atoms with E-state index in [0.29, 0.717) is 17.8 Å². The highest BCUT2D eigenvalue weighted by molar-refractivity contribution is 9.10. The average Bonchev–Trinajstić information content (AvgIpc) is 2.83. The van der Waals surface area contributed by atoms with Crippen molar-refractivity contribution < 1.29 is 14.7 Å². The first-order valence-electron chi connectivity index (χ1n) is 8.56. The summed E-state index contributed by atoms with van der Waals surface area (Å²) in [5.41, 5.74) is 0.211. The van der Waals surface area contributed by atoms with Crippen molar-refractivity contribution in [1.29, 1.82) is 0 Å². The monoisotopic (exact) mass is 413 g/mol. The van der Waals surface area contributed by atoms with Gasteiger partial charge in [-0.15, -0.1) is 0 Å². The second-order valence-corrected chi connectivity index (χ2v) is 7.28. The number of hydrogen-bond acceptors (Lipinski definition) is 3. The largest absolute Gasteiger partial charge is 0.375 e. The van der Waals surface area contributed by atoms with E-state index in [4.69, 9.17) is 0 Å². The predicted molar refractivity (Wildman–Crippen MR) is 106 cm³/mol. The molecule has 1 aliphatic heterocycles. The third-order valence-corrected chi connectivity index (χ3v) is 4.93. The Bertz CT molecular complexity index is 863. The fourth-order valence-corrected chi connectivity index (χ4v) is 3.56. The minimum absolute atomic E-state index is 0.279. The van der Waals surface area contributed by atoms with Crippen molar-refractivity contribution in [1.82, 2.24) is 0 Å². The Morgan fingerprint density at radius 3 is 2.65 bits per heavy atom. The lowest BCUT2D eigenvalue weighted by Crippen LogP contribution is -2.41. The maximum absolute atomic E-state index is 12.9. The number of ketones is 1. The molecule has 26 heavy (non-hydrogen) atoms. The second-order valence-electron chi connectivity index (χ2n) is 6.37. The van der Waals surface area contributed by atoms with Gasteiger partial charge >= 0.3 is 0 Å². The van der Waals surface area contributed by atoms with Crippen molar-refractivity contribution >= 4 is 39.4 Å². The molecule has 1 aliphatic rings. The molecule has 1 heterocycles. The molecule has 0 aliphatic carbocycles. The molecule has 0 aromatic heterocycles. The van der Waals surface area contributed by atoms with Crippen LogP contribution in [0.4, 0.5) is 5.69 Å². The molecule has 1 atom stereocenters. The topological polar surface area (TPSA) is 57.6 Å². The number of halogens is 1. The van der Waals surface area contributed by atoms with Gasteiger partial charge < -0.3 is 10.0 Å². The minimum atomic E-state index is -1.83. The van der Waals surface area contributed by atoms with Gasteiger partial charge in [-0.1, -0.05) is 59.3 Å². The summed E-state index contributed by atoms with van der Waals surface area (Å²) >= 11 is 3.38. The molecule has 2 aromatic rings. The average molecular weight is 414 g/mol. The Hall–Kier alpha value is -2.24. The number of amides is 1. The molecule has 1 amide bonds. The summed E-state index contributed by atoms with van der Waals surface area (Å²) in [6.07, 6.45) is 3.59. The molecule has 0 spiro atoms. The van der Waals surface area contributed by atoms with Crippen molar-refractivity contribution in [3.8, 4) is 0 Å². The van der Waals surface area contributed by atoms with E-state index >= 15 is 0 Å². The van der Waals surface area contributed by atoms with Crippen LogP contribution in [0.25, 0.3) is 6.08 Å². The lowest BCUT2D eigenvalue weighted by Gasteiger charge is -2.22. The molecule has 3 rings (SSSR count). The highest BCUT2D eigenvalue weighted by Gasteiger charge is 2.50. The Kier molecular flexibility index (Phi) is 5.39. The van der Waals surface area contributed by atoms with E-state index < -0.39 is 11.5 Å². The fraction of sp³-hybridized carbons (Fsp3) is 0.238. The van der Waals surface area contributed by atoms with Gasteiger partial charge in [-0.25, -0.2) is 0 Å². The van der Waals surface area contributed by atoms with Gasteiger partial charge in [0.1, 0.15) is 0 Å². The van der Waals surface area contributed by atoms with Gasteiger partial charge in [-0.05, 0) is 36.3 Å². The van der Waals surface area contributed by atoms with Crippen LogP contribution in [0.1, 0.15) is 30.9 Å². The van der Waals surface area contributed by atoms with E-state index in [1.165, 1.54) is 6.08 Å². The molecule has 1 unspecified atom stereocenters. The SMILES string of the molecule is CCCN1C(=O)C(O)(CC(=O)C=Cc2ccccc2)c2cc(Br)ccc21. The van der Waals surface area contributed by atoms with Gasteiger partial charge in [0.2, 0.25) is 0 Å². The zero-order chi connectivity index (χ0) is 18.7. The van der Waals surface area contributed by atoms with Crippen LogP contribution in [0.5, 0.6) is 0 Å². The molecule has 0 saturated heterocycles. The third-order valence-electron chi connectivity index (χ3n) is 4.43. The number of anilines is 1. The van der Waals surface area contributed by atoms with Crippen molar-refractivity contribution in [2.45, 2.75) is 25.4 Å². The Morgan fingerprint density at radius 2 is 1.96 bits per heavy atom. The number of rotatable bonds is 6. The maximum Gasteiger partial charge on any atom is 0.264 e. The highest BCUT2D eigenvalue weighted by Crippen LogP contribution is 2.43. The molecule has 0 radical (unpaired) electrons. The van der Waals surface area contributed by atoms with Crippen LogP contribution < -0.4 is 4.90 Å². The molecule has 4 nitrogen and oxygen atoms in total. The number of allylic oxidation sites excluding steroid dienone is 1. The number of benzene rings is 2. The van der Waals surface area contributed by atoms with Gasteiger partial charge in [-0.2, -0.15) is 0 Å². The number of hydrogen-bond donors (Lipinski definition) is 1. The number of carbonyl (C=O) groups excluding carboxylic acids is 2. The number of nitrogens with zero attached hydrogens (tertiary/aromatic N) is 1. The van der Waals surface area contributed by atoms with E-state index in [1.54, 1.807) is 23.1 Å². The van der Waals surface area contributed by atoms with E-state index in [9.17, 15) is 14.7 Å². The van der Waals surface area contributed by atoms with Crippen LogP contribution in [0.15, 0.2) is 59.1 Å². The van der Waals surface area contributed by atoms with Gasteiger partial charge in [-0.3, -0.25) is 9.59 Å². The summed E-state index contributed by atoms with van der Waals surface area (Å²) < 4.78 is 0.758. The molecule has 0 bridgehead atoms. The van der Waals surface area contributed by atoms with Crippen LogP contribution in [0.2, 0.25) is 0 Å². The van der Waals surface area contributed by atoms with Gasteiger partial charge in [0.05, 0.1) is 12.1 Å². The molecule has 0 saturated carbocycles. The summed E-state index contributed by atoms with van der Waals surface area (Å²) in [5, 5.41) is 11.1. The quantitative estimate of drug-likeness (QED) is 0.726. The molecular weight excluding hydrogens is 394 g/mol. The van der Waals surface area contributed by atoms with Gasteiger partial charge in [0.15, 0.2) is 11.4 Å². The Labute approximate surface area is 161 Å². The first-order valence-corrected chi connectivity index (χ1v) is 9.35. The first kappa shape index (κ1) is 18.5. The van der Waals surface area contributed by atoms with Crippen molar-refractivity contribution in [2.24, 2.45) is 0 Å². The summed E-state index contributed by atoms with van der Waals surface area (Å²) in [4.78, 5) is 26.9. The standard InChI is InChI=1S/C21H20BrNO3/c1-2-12-23-19-11-9-16(22)13-18(19)21(26,20(23)25)14-17(24)10-8-15-6-4-3-5-7-15/h3-11,13,26H,2,12,14H2,1H3. The van der Waals surface area contributed by atoms with Gasteiger partial charge in [0.25, 0.3) is 5.91 Å². The summed E-state index contributed by atoms with van der Waals surface area (Å²) in [6, 6.07) is 14.8. The molecule has 1 N–H and O–H groups in total. The number of carbonyl (C=O) groups is 2. The van der Waals surface area contributed by atoms with Crippen LogP contribution in [-0.2, 0) is 15.2 Å². The normalized spacial score (nSPS) is 19.2. The number of aliphatic hydroxyl groups is 1. The predicted octanol–water partition coefficient (Wildman–Crippen LogP) is 4.07. The van der Waals surface area contributed by atoms with Crippen LogP contribution >= 0.6 is 15.9 Å². The zero-order valence-electron chi connectivity index (χ0n) is 14.5. The van der Waals surface area contributed by atoms with Crippen molar-refractivity contribution in [3.63, 3.8) is 0 Å². The lowest BCUT2D eigenvalue weighted by molar-refractivity contribution is -0.140. The molecule has 2 aromatic carbocycles. The lowest BCUT2D eigenvalue weighted by atomic mass is 9.89. The Morgan fingerprint density at radius 1 is 1.23 bits per heavy atom. The summed E-state index contributed by atoms with van der Waals surface area (Å²) in [5.74, 6) is -0.733. The van der Waals surface area contributed by atoms with E-state index in [0.717, 1.165) is 16.5 Å². The fourth-order valence-electron chi connectivity index (χ4n) is 3.20. The highest BCUT2D eigenvalue weighted by atomic mass is 79.9. The summed E-state index contributed by atoms with van der Waals surface area (Å²) in [7, 11) is 0. The van der Waals surface area contributed by atoms with Crippen LogP contribution in [0, 0.1) is 0 Å². The molecule has 5 heteroatoms. The maximum atomic E-state index is 12.9. The zero-order valence-corrected chi connectivity index (χ0v) is 16.1. The van der Waals surface area contributed by atoms with E-state index in [2.05, 4.69) is 15.9 Å². The number of fused-ring (bicyclic) bond motifs is 1. The summed E-state index contributed by atoms with van der Waals surface area (Å²) in [6.45, 7) is 2.47. The first-order chi connectivity index (χ1) is 12.5. The van der Waals surface area contributed by atoms with Crippen molar-refractivity contribution in [3.05, 3.63) is 70.2 Å². The van der Waals surface area contributed by atoms with Crippen LogP contribution in [0.3, 0.4) is 0 Å². The molecule has 0 fully saturated rings. The Balaban J connectivity index is 1.88. The molecule has 134 valence electrons. The smallest absolute Gasteiger partial charge is 0.264 e. The van der Waals surface area contributed by atoms with Gasteiger partial charge in [0, 0.05) is 16.6 Å². The minimum Gasteiger partial charge on any atom is -0.375 e. The van der Waals surface area contributed by atoms with Crippen molar-refractivity contribution in [2.75, 3.05) is 11.4 Å².